The lowest BCUT2D eigenvalue weighted by molar-refractivity contribution is -0.326. The number of methoxy groups -OCH3 is 1. The van der Waals surface area contributed by atoms with Gasteiger partial charge in [0.25, 0.3) is 0 Å². The number of rotatable bonds is 11. The molecule has 0 spiro atoms. The van der Waals surface area contributed by atoms with Crippen LogP contribution in [0.15, 0.2) is 0 Å². The van der Waals surface area contributed by atoms with E-state index in [4.69, 9.17) is 29.2 Å². The van der Waals surface area contributed by atoms with E-state index < -0.39 is 49.5 Å². The average molecular weight is 508 g/mol. The van der Waals surface area contributed by atoms with Crippen molar-refractivity contribution in [2.45, 2.75) is 107 Å². The third kappa shape index (κ3) is 4.88. The van der Waals surface area contributed by atoms with E-state index in [9.17, 15) is 19.7 Å². The second kappa shape index (κ2) is 9.01. The minimum Gasteiger partial charge on any atom is -0.394 e. The summed E-state index contributed by atoms with van der Waals surface area (Å²) >= 11 is 0. The molecule has 0 aromatic heterocycles. The number of aliphatic hydroxyl groups excluding tert-OH is 2. The highest BCUT2D eigenvalue weighted by Gasteiger charge is 2.68. The second-order valence-electron chi connectivity index (χ2n) is 12.2. The van der Waals surface area contributed by atoms with Gasteiger partial charge in [-0.15, -0.1) is 0 Å². The lowest BCUT2D eigenvalue weighted by atomic mass is 9.41. The Morgan fingerprint density at radius 3 is 2.26 bits per heavy atom. The molecule has 5 N–H and O–H groups in total. The van der Waals surface area contributed by atoms with Gasteiger partial charge < -0.3 is 44.3 Å². The van der Waals surface area contributed by atoms with Crippen molar-refractivity contribution in [2.24, 2.45) is 16.6 Å². The molecule has 5 rings (SSSR count). The van der Waals surface area contributed by atoms with E-state index in [1.165, 1.54) is 0 Å². The maximum Gasteiger partial charge on any atom is 0.331 e. The van der Waals surface area contributed by atoms with E-state index in [1.807, 2.05) is 13.8 Å². The van der Waals surface area contributed by atoms with Crippen LogP contribution in [-0.4, -0.2) is 89.5 Å². The number of hydrogen-bond donors (Lipinski definition) is 4. The summed E-state index contributed by atoms with van der Waals surface area (Å²) in [6.45, 7) is 7.57. The van der Waals surface area contributed by atoms with Crippen LogP contribution in [0.3, 0.4) is 0 Å². The highest BCUT2D eigenvalue weighted by Crippen LogP contribution is 2.69. The molecule has 198 valence electrons. The Morgan fingerprint density at radius 2 is 1.74 bits per heavy atom. The highest BCUT2D eigenvalue weighted by atomic mass is 31.2. The largest absolute Gasteiger partial charge is 0.394 e. The number of nitrogens with two attached hydrogens (primary N) is 1. The molecule has 1 saturated heterocycles. The van der Waals surface area contributed by atoms with Crippen LogP contribution in [0, 0.1) is 10.8 Å². The maximum atomic E-state index is 12.3. The molecule has 6 atom stereocenters. The summed E-state index contributed by atoms with van der Waals surface area (Å²) in [5.74, 6) is 0. The second-order valence-corrected chi connectivity index (χ2v) is 14.5. The SMILES string of the molecule is COC12CC(COC3OC(CO)C(O)C(OCC4(C)CC(C)(OP(=O)(O)C(C)C)C4)C3N)(C1)C2. The molecular formula is C23H42NO9P. The Bertz CT molecular complexity index is 782. The predicted octanol–water partition coefficient (Wildman–Crippen LogP) is 1.53. The first-order valence-corrected chi connectivity index (χ1v) is 13.9. The monoisotopic (exact) mass is 507 g/mol. The van der Waals surface area contributed by atoms with Crippen LogP contribution in [0.4, 0.5) is 0 Å². The van der Waals surface area contributed by atoms with Gasteiger partial charge in [-0.1, -0.05) is 20.8 Å². The fourth-order valence-electron chi connectivity index (χ4n) is 6.61. The van der Waals surface area contributed by atoms with Gasteiger partial charge in [-0.05, 0) is 44.4 Å². The van der Waals surface area contributed by atoms with E-state index >= 15 is 0 Å². The molecular weight excluding hydrogens is 465 g/mol. The normalized spacial score (nSPS) is 49.6. The fraction of sp³-hybridized carbons (Fsp3) is 1.00. The van der Waals surface area contributed by atoms with Crippen molar-refractivity contribution >= 4 is 7.60 Å². The summed E-state index contributed by atoms with van der Waals surface area (Å²) in [7, 11) is -1.95. The van der Waals surface area contributed by atoms with Crippen LogP contribution in [0.1, 0.15) is 59.8 Å². The molecule has 4 saturated carbocycles. The molecule has 0 amide bonds. The molecule has 5 fully saturated rings. The van der Waals surface area contributed by atoms with Gasteiger partial charge in [-0.3, -0.25) is 4.57 Å². The predicted molar refractivity (Wildman–Crippen MR) is 123 cm³/mol. The van der Waals surface area contributed by atoms with Crippen molar-refractivity contribution in [3.05, 3.63) is 0 Å². The van der Waals surface area contributed by atoms with Crippen LogP contribution in [-0.2, 0) is 28.0 Å². The van der Waals surface area contributed by atoms with E-state index in [-0.39, 0.29) is 29.6 Å². The summed E-state index contributed by atoms with van der Waals surface area (Å²) in [5.41, 5.74) is 5.06. The number of aliphatic hydroxyl groups is 2. The molecule has 1 aliphatic heterocycles. The van der Waals surface area contributed by atoms with Crippen molar-refractivity contribution in [1.82, 2.24) is 0 Å². The van der Waals surface area contributed by atoms with Gasteiger partial charge in [0.05, 0.1) is 42.7 Å². The van der Waals surface area contributed by atoms with Crippen LogP contribution in [0.25, 0.3) is 0 Å². The molecule has 0 radical (unpaired) electrons. The summed E-state index contributed by atoms with van der Waals surface area (Å²) in [5, 5.41) is 20.5. The Balaban J connectivity index is 1.31. The third-order valence-corrected chi connectivity index (χ3v) is 10.2. The third-order valence-electron chi connectivity index (χ3n) is 8.21. The smallest absolute Gasteiger partial charge is 0.331 e. The molecule has 4 aliphatic carbocycles. The van der Waals surface area contributed by atoms with Crippen LogP contribution in [0.2, 0.25) is 0 Å². The van der Waals surface area contributed by atoms with Crippen molar-refractivity contribution in [3.8, 4) is 0 Å². The topological polar surface area (TPSA) is 150 Å². The first-order chi connectivity index (χ1) is 15.7. The van der Waals surface area contributed by atoms with Gasteiger partial charge in [0.2, 0.25) is 0 Å². The van der Waals surface area contributed by atoms with Gasteiger partial charge in [-0.25, -0.2) is 0 Å². The zero-order valence-electron chi connectivity index (χ0n) is 20.9. The zero-order chi connectivity index (χ0) is 25.2. The summed E-state index contributed by atoms with van der Waals surface area (Å²) in [6, 6.07) is -0.730. The lowest BCUT2D eigenvalue weighted by Gasteiger charge is -2.69. The fourth-order valence-corrected chi connectivity index (χ4v) is 7.58. The van der Waals surface area contributed by atoms with Gasteiger partial charge in [0.15, 0.2) is 6.29 Å². The van der Waals surface area contributed by atoms with Crippen molar-refractivity contribution in [1.29, 1.82) is 0 Å². The van der Waals surface area contributed by atoms with Gasteiger partial charge in [0, 0.05) is 12.5 Å². The quantitative estimate of drug-likeness (QED) is 0.303. The molecule has 5 aliphatic rings. The molecule has 10 nitrogen and oxygen atoms in total. The Labute approximate surface area is 201 Å². The first kappa shape index (κ1) is 26.9. The minimum absolute atomic E-state index is 0.0176. The standard InChI is InChI=1S/C23H42NO9P/c1-14(2)34(27,28)33-21(4)7-20(3,8-21)12-30-18-16(24)19(32-15(6-25)17(18)26)31-13-22-9-23(10-22,11-22)29-5/h14-19,25-26H,6-13,24H2,1-5H3,(H,27,28). The Morgan fingerprint density at radius 1 is 1.12 bits per heavy atom. The van der Waals surface area contributed by atoms with Crippen molar-refractivity contribution < 1.29 is 43.1 Å². The Kier molecular flexibility index (Phi) is 7.13. The number of ether oxygens (including phenoxy) is 4. The van der Waals surface area contributed by atoms with E-state index in [1.54, 1.807) is 21.0 Å². The molecule has 0 aromatic rings. The van der Waals surface area contributed by atoms with E-state index in [0.717, 1.165) is 19.3 Å². The van der Waals surface area contributed by atoms with Crippen LogP contribution < -0.4 is 5.73 Å². The summed E-state index contributed by atoms with van der Waals surface area (Å²) in [4.78, 5) is 10.1. The van der Waals surface area contributed by atoms with Crippen molar-refractivity contribution in [3.63, 3.8) is 0 Å². The summed E-state index contributed by atoms with van der Waals surface area (Å²) < 4.78 is 41.4. The van der Waals surface area contributed by atoms with Crippen molar-refractivity contribution in [2.75, 3.05) is 26.9 Å². The molecule has 2 bridgehead atoms. The van der Waals surface area contributed by atoms with E-state index in [0.29, 0.717) is 19.4 Å². The van der Waals surface area contributed by atoms with Crippen LogP contribution >= 0.6 is 7.60 Å². The molecule has 11 heteroatoms. The number of hydrogen-bond acceptors (Lipinski definition) is 9. The Hall–Kier alpha value is -0.130. The van der Waals surface area contributed by atoms with Gasteiger partial charge in [0.1, 0.15) is 18.3 Å². The zero-order valence-corrected chi connectivity index (χ0v) is 21.8. The molecule has 6 unspecified atom stereocenters. The summed E-state index contributed by atoms with van der Waals surface area (Å²) in [6.07, 6.45) is 0.422. The van der Waals surface area contributed by atoms with E-state index in [2.05, 4.69) is 0 Å². The minimum atomic E-state index is -3.69. The highest BCUT2D eigenvalue weighted by molar-refractivity contribution is 7.53. The van der Waals surface area contributed by atoms with Crippen LogP contribution in [0.5, 0.6) is 0 Å². The lowest BCUT2D eigenvalue weighted by Crippen LogP contribution is -2.70. The molecule has 0 aromatic carbocycles. The average Bonchev–Trinajstić information content (AvgIpc) is 2.65. The van der Waals surface area contributed by atoms with Gasteiger partial charge in [-0.2, -0.15) is 0 Å². The van der Waals surface area contributed by atoms with Gasteiger partial charge >= 0.3 is 7.60 Å². The first-order valence-electron chi connectivity index (χ1n) is 12.2. The maximum absolute atomic E-state index is 12.3. The molecule has 34 heavy (non-hydrogen) atoms. The molecule has 1 heterocycles.